The Morgan fingerprint density at radius 2 is 2.18 bits per heavy atom. The summed E-state index contributed by atoms with van der Waals surface area (Å²) in [6, 6.07) is 5.28. The van der Waals surface area contributed by atoms with E-state index in [9.17, 15) is 9.59 Å². The van der Waals surface area contributed by atoms with Gasteiger partial charge in [0.25, 0.3) is 0 Å². The van der Waals surface area contributed by atoms with Crippen molar-refractivity contribution in [1.29, 1.82) is 0 Å². The number of nitrogens with zero attached hydrogens (tertiary/aromatic N) is 1. The van der Waals surface area contributed by atoms with Gasteiger partial charge in [-0.15, -0.1) is 0 Å². The first-order valence-electron chi connectivity index (χ1n) is 5.77. The smallest absolute Gasteiger partial charge is 0.338 e. The predicted molar refractivity (Wildman–Crippen MR) is 64.1 cm³/mol. The molecule has 90 valence electrons. The summed E-state index contributed by atoms with van der Waals surface area (Å²) in [5, 5.41) is 0. The highest BCUT2D eigenvalue weighted by Gasteiger charge is 2.26. The van der Waals surface area contributed by atoms with Gasteiger partial charge in [0.15, 0.2) is 0 Å². The largest absolute Gasteiger partial charge is 0.462 e. The van der Waals surface area contributed by atoms with Crippen LogP contribution < -0.4 is 4.90 Å². The first-order valence-corrected chi connectivity index (χ1v) is 5.77. The summed E-state index contributed by atoms with van der Waals surface area (Å²) in [7, 11) is 0. The molecule has 0 saturated carbocycles. The van der Waals surface area contributed by atoms with Crippen molar-refractivity contribution in [2.75, 3.05) is 18.1 Å². The van der Waals surface area contributed by atoms with Gasteiger partial charge < -0.3 is 9.64 Å². The van der Waals surface area contributed by atoms with Crippen LogP contribution in [0.5, 0.6) is 0 Å². The summed E-state index contributed by atoms with van der Waals surface area (Å²) >= 11 is 0. The van der Waals surface area contributed by atoms with E-state index < -0.39 is 0 Å². The average Bonchev–Trinajstić information content (AvgIpc) is 2.63. The number of esters is 1. The van der Waals surface area contributed by atoms with Gasteiger partial charge in [-0.05, 0) is 31.5 Å². The Balaban J connectivity index is 2.34. The monoisotopic (exact) mass is 233 g/mol. The Morgan fingerprint density at radius 3 is 2.82 bits per heavy atom. The maximum absolute atomic E-state index is 11.7. The Bertz CT molecular complexity index is 468. The fourth-order valence-electron chi connectivity index (χ4n) is 2.05. The van der Waals surface area contributed by atoms with Crippen LogP contribution in [0.3, 0.4) is 0 Å². The summed E-state index contributed by atoms with van der Waals surface area (Å²) in [4.78, 5) is 25.0. The minimum absolute atomic E-state index is 0.0866. The van der Waals surface area contributed by atoms with E-state index in [1.165, 1.54) is 0 Å². The molecule has 0 spiro atoms. The zero-order chi connectivity index (χ0) is 12.4. The molecule has 0 radical (unpaired) electrons. The van der Waals surface area contributed by atoms with E-state index in [0.29, 0.717) is 25.1 Å². The van der Waals surface area contributed by atoms with Crippen LogP contribution in [-0.4, -0.2) is 25.0 Å². The van der Waals surface area contributed by atoms with Gasteiger partial charge in [0.2, 0.25) is 5.91 Å². The Morgan fingerprint density at radius 1 is 1.41 bits per heavy atom. The van der Waals surface area contributed by atoms with Crippen LogP contribution in [0.15, 0.2) is 18.2 Å². The summed E-state index contributed by atoms with van der Waals surface area (Å²) in [5.41, 5.74) is 2.31. The number of anilines is 1. The molecule has 0 N–H and O–H groups in total. The predicted octanol–water partition coefficient (Wildman–Crippen LogP) is 1.77. The topological polar surface area (TPSA) is 46.6 Å². The number of carbonyl (C=O) groups excluding carboxylic acids is 2. The number of ether oxygens (including phenoxy) is 1. The van der Waals surface area contributed by atoms with Gasteiger partial charge in [0.05, 0.1) is 18.6 Å². The van der Waals surface area contributed by atoms with Gasteiger partial charge in [0, 0.05) is 12.2 Å². The number of hydrogen-bond acceptors (Lipinski definition) is 3. The summed E-state index contributed by atoms with van der Waals surface area (Å²) in [5.74, 6) is -0.255. The van der Waals surface area contributed by atoms with Crippen LogP contribution in [0.25, 0.3) is 0 Å². The summed E-state index contributed by atoms with van der Waals surface area (Å²) in [6.45, 7) is 4.67. The number of fused-ring (bicyclic) bond motifs is 1. The molecule has 1 aliphatic rings. The van der Waals surface area contributed by atoms with Crippen molar-refractivity contribution in [2.24, 2.45) is 0 Å². The van der Waals surface area contributed by atoms with Crippen molar-refractivity contribution >= 4 is 17.6 Å². The molecule has 0 fully saturated rings. The fourth-order valence-corrected chi connectivity index (χ4v) is 2.05. The maximum Gasteiger partial charge on any atom is 0.338 e. The number of carbonyl (C=O) groups is 2. The minimum Gasteiger partial charge on any atom is -0.462 e. The maximum atomic E-state index is 11.7. The molecular weight excluding hydrogens is 218 g/mol. The van der Waals surface area contributed by atoms with Crippen LogP contribution in [-0.2, 0) is 16.0 Å². The molecule has 0 atom stereocenters. The van der Waals surface area contributed by atoms with E-state index in [1.54, 1.807) is 24.0 Å². The molecule has 1 aliphatic heterocycles. The second-order valence-corrected chi connectivity index (χ2v) is 3.88. The summed E-state index contributed by atoms with van der Waals surface area (Å²) < 4.78 is 4.94. The molecule has 4 heteroatoms. The molecule has 17 heavy (non-hydrogen) atoms. The van der Waals surface area contributed by atoms with E-state index in [1.807, 2.05) is 13.0 Å². The van der Waals surface area contributed by atoms with E-state index in [4.69, 9.17) is 4.74 Å². The molecule has 1 aromatic rings. The molecule has 0 bridgehead atoms. The number of likely N-dealkylation sites (N-methyl/N-ethyl adjacent to an activating group) is 1. The molecule has 0 saturated heterocycles. The van der Waals surface area contributed by atoms with Crippen molar-refractivity contribution in [3.8, 4) is 0 Å². The van der Waals surface area contributed by atoms with Crippen LogP contribution in [0.4, 0.5) is 5.69 Å². The normalized spacial score (nSPS) is 13.8. The quantitative estimate of drug-likeness (QED) is 0.747. The third-order valence-corrected chi connectivity index (χ3v) is 2.85. The molecule has 1 amide bonds. The third-order valence-electron chi connectivity index (χ3n) is 2.85. The highest BCUT2D eigenvalue weighted by atomic mass is 16.5. The SMILES string of the molecule is CCOC(=O)c1ccc2c(c1)N(CC)C(=O)C2. The highest BCUT2D eigenvalue weighted by molar-refractivity contribution is 6.03. The van der Waals surface area contributed by atoms with Crippen molar-refractivity contribution in [3.05, 3.63) is 29.3 Å². The second-order valence-electron chi connectivity index (χ2n) is 3.88. The van der Waals surface area contributed by atoms with E-state index in [0.717, 1.165) is 11.3 Å². The van der Waals surface area contributed by atoms with Crippen molar-refractivity contribution in [1.82, 2.24) is 0 Å². The molecule has 1 heterocycles. The zero-order valence-electron chi connectivity index (χ0n) is 10.0. The van der Waals surface area contributed by atoms with Gasteiger partial charge in [-0.3, -0.25) is 4.79 Å². The molecule has 2 rings (SSSR count). The highest BCUT2D eigenvalue weighted by Crippen LogP contribution is 2.29. The second kappa shape index (κ2) is 4.57. The fraction of sp³-hybridized carbons (Fsp3) is 0.385. The number of hydrogen-bond donors (Lipinski definition) is 0. The Labute approximate surface area is 100 Å². The van der Waals surface area contributed by atoms with Crippen molar-refractivity contribution in [3.63, 3.8) is 0 Å². The molecule has 1 aromatic carbocycles. The van der Waals surface area contributed by atoms with Crippen molar-refractivity contribution in [2.45, 2.75) is 20.3 Å². The van der Waals surface area contributed by atoms with Gasteiger partial charge >= 0.3 is 5.97 Å². The van der Waals surface area contributed by atoms with Crippen LogP contribution >= 0.6 is 0 Å². The lowest BCUT2D eigenvalue weighted by Gasteiger charge is -2.15. The molecule has 0 aliphatic carbocycles. The summed E-state index contributed by atoms with van der Waals surface area (Å²) in [6.07, 6.45) is 0.423. The third kappa shape index (κ3) is 2.02. The minimum atomic E-state index is -0.342. The molecule has 0 unspecified atom stereocenters. The Hall–Kier alpha value is -1.84. The van der Waals surface area contributed by atoms with Crippen molar-refractivity contribution < 1.29 is 14.3 Å². The molecule has 0 aromatic heterocycles. The van der Waals surface area contributed by atoms with E-state index in [2.05, 4.69) is 0 Å². The lowest BCUT2D eigenvalue weighted by Crippen LogP contribution is -2.26. The van der Waals surface area contributed by atoms with Crippen LogP contribution in [0.1, 0.15) is 29.8 Å². The molecular formula is C13H15NO3. The first kappa shape index (κ1) is 11.6. The van der Waals surface area contributed by atoms with Crippen LogP contribution in [0, 0.1) is 0 Å². The lowest BCUT2D eigenvalue weighted by molar-refractivity contribution is -0.117. The lowest BCUT2D eigenvalue weighted by atomic mass is 10.1. The van der Waals surface area contributed by atoms with E-state index >= 15 is 0 Å². The number of rotatable bonds is 3. The first-order chi connectivity index (χ1) is 8.17. The van der Waals surface area contributed by atoms with Gasteiger partial charge in [0.1, 0.15) is 0 Å². The van der Waals surface area contributed by atoms with Gasteiger partial charge in [-0.25, -0.2) is 4.79 Å². The molecule has 4 nitrogen and oxygen atoms in total. The number of benzene rings is 1. The Kier molecular flexibility index (Phi) is 3.13. The average molecular weight is 233 g/mol. The standard InChI is InChI=1S/C13H15NO3/c1-3-14-11-7-10(13(16)17-4-2)6-5-9(11)8-12(14)15/h5-7H,3-4,8H2,1-2H3. The van der Waals surface area contributed by atoms with Gasteiger partial charge in [-0.2, -0.15) is 0 Å². The zero-order valence-corrected chi connectivity index (χ0v) is 10.0. The van der Waals surface area contributed by atoms with Gasteiger partial charge in [-0.1, -0.05) is 6.07 Å². The van der Waals surface area contributed by atoms with E-state index in [-0.39, 0.29) is 11.9 Å². The van der Waals surface area contributed by atoms with Crippen LogP contribution in [0.2, 0.25) is 0 Å². The number of amides is 1.